The molecule has 6 heteroatoms. The Morgan fingerprint density at radius 2 is 2.21 bits per heavy atom. The molecule has 1 aliphatic heterocycles. The lowest BCUT2D eigenvalue weighted by Crippen LogP contribution is -2.37. The van der Waals surface area contributed by atoms with Gasteiger partial charge in [0.2, 0.25) is 4.96 Å². The van der Waals surface area contributed by atoms with Crippen LogP contribution in [-0.4, -0.2) is 44.3 Å². The summed E-state index contributed by atoms with van der Waals surface area (Å²) in [6, 6.07) is 0.646. The van der Waals surface area contributed by atoms with E-state index in [4.69, 9.17) is 5.10 Å². The van der Waals surface area contributed by atoms with E-state index in [9.17, 15) is 0 Å². The molecular weight excluding hydrogens is 258 g/mol. The van der Waals surface area contributed by atoms with Crippen molar-refractivity contribution in [1.29, 1.82) is 0 Å². The summed E-state index contributed by atoms with van der Waals surface area (Å²) >= 11 is 1.69. The van der Waals surface area contributed by atoms with Crippen LogP contribution in [0.5, 0.6) is 0 Å². The minimum absolute atomic E-state index is 0.646. The second-order valence-electron chi connectivity index (χ2n) is 5.39. The van der Waals surface area contributed by atoms with Gasteiger partial charge in [-0.2, -0.15) is 9.61 Å². The highest BCUT2D eigenvalue weighted by atomic mass is 32.1. The monoisotopic (exact) mass is 279 g/mol. The van der Waals surface area contributed by atoms with Crippen LogP contribution in [-0.2, 0) is 12.8 Å². The first-order valence-electron chi connectivity index (χ1n) is 7.18. The molecule has 0 spiro atoms. The molecular formula is C13H21N5S. The van der Waals surface area contributed by atoms with Crippen LogP contribution in [0, 0.1) is 0 Å². The third-order valence-corrected chi connectivity index (χ3v) is 4.82. The lowest BCUT2D eigenvalue weighted by molar-refractivity contribution is 0.184. The summed E-state index contributed by atoms with van der Waals surface area (Å²) in [7, 11) is 2.23. The van der Waals surface area contributed by atoms with Crippen LogP contribution in [0.15, 0.2) is 0 Å². The number of likely N-dealkylation sites (tertiary alicyclic amines) is 1. The number of likely N-dealkylation sites (N-methyl/N-ethyl adjacent to an activating group) is 1. The second-order valence-corrected chi connectivity index (χ2v) is 6.43. The third-order valence-electron chi connectivity index (χ3n) is 3.90. The first-order valence-corrected chi connectivity index (χ1v) is 8.00. The highest BCUT2D eigenvalue weighted by Crippen LogP contribution is 2.22. The van der Waals surface area contributed by atoms with E-state index in [1.165, 1.54) is 30.8 Å². The predicted octanol–water partition coefficient (Wildman–Crippen LogP) is 2.17. The lowest BCUT2D eigenvalue weighted by atomic mass is 10.0. The van der Waals surface area contributed by atoms with Crippen LogP contribution in [0.4, 0.5) is 0 Å². The maximum absolute atomic E-state index is 4.70. The maximum atomic E-state index is 4.70. The highest BCUT2D eigenvalue weighted by molar-refractivity contribution is 7.16. The van der Waals surface area contributed by atoms with Crippen LogP contribution in [0.2, 0.25) is 0 Å². The summed E-state index contributed by atoms with van der Waals surface area (Å²) in [5.74, 6) is 0.997. The Labute approximate surface area is 117 Å². The first kappa shape index (κ1) is 13.0. The largest absolute Gasteiger partial charge is 0.303 e. The molecule has 3 rings (SSSR count). The summed E-state index contributed by atoms with van der Waals surface area (Å²) in [5, 5.41) is 14.3. The fraction of sp³-hybridized carbons (Fsp3) is 0.769. The van der Waals surface area contributed by atoms with Crippen molar-refractivity contribution in [2.45, 2.75) is 51.5 Å². The molecule has 104 valence electrons. The molecule has 1 fully saturated rings. The number of rotatable bonds is 4. The van der Waals surface area contributed by atoms with Crippen molar-refractivity contribution in [2.75, 3.05) is 13.6 Å². The number of fused-ring (bicyclic) bond motifs is 1. The van der Waals surface area contributed by atoms with Crippen molar-refractivity contribution in [2.24, 2.45) is 0 Å². The van der Waals surface area contributed by atoms with Crippen molar-refractivity contribution < 1.29 is 0 Å². The number of nitrogens with zero attached hydrogens (tertiary/aromatic N) is 5. The quantitative estimate of drug-likeness (QED) is 0.860. The zero-order valence-corrected chi connectivity index (χ0v) is 12.5. The molecule has 0 aliphatic carbocycles. The number of hydrogen-bond donors (Lipinski definition) is 0. The van der Waals surface area contributed by atoms with Gasteiger partial charge in [0.1, 0.15) is 5.01 Å². The van der Waals surface area contributed by atoms with Gasteiger partial charge in [-0.05, 0) is 32.9 Å². The van der Waals surface area contributed by atoms with E-state index < -0.39 is 0 Å². The molecule has 5 nitrogen and oxygen atoms in total. The van der Waals surface area contributed by atoms with E-state index in [1.807, 2.05) is 4.52 Å². The van der Waals surface area contributed by atoms with Crippen LogP contribution < -0.4 is 0 Å². The van der Waals surface area contributed by atoms with Gasteiger partial charge in [-0.25, -0.2) is 0 Å². The van der Waals surface area contributed by atoms with Gasteiger partial charge in [-0.1, -0.05) is 24.7 Å². The summed E-state index contributed by atoms with van der Waals surface area (Å²) in [4.78, 5) is 3.41. The minimum Gasteiger partial charge on any atom is -0.303 e. The summed E-state index contributed by atoms with van der Waals surface area (Å²) in [5.41, 5.74) is 0. The fourth-order valence-corrected chi connectivity index (χ4v) is 3.69. The minimum atomic E-state index is 0.646. The molecule has 1 atom stereocenters. The molecule has 0 amide bonds. The molecule has 1 saturated heterocycles. The first-order chi connectivity index (χ1) is 9.28. The molecule has 3 heterocycles. The van der Waals surface area contributed by atoms with E-state index in [0.29, 0.717) is 6.04 Å². The fourth-order valence-electron chi connectivity index (χ4n) is 2.76. The van der Waals surface area contributed by atoms with E-state index in [1.54, 1.807) is 11.3 Å². The SMILES string of the molecule is CCCc1nnc2sc(C[C@H]3CCCCN3C)nn12. The van der Waals surface area contributed by atoms with E-state index >= 15 is 0 Å². The standard InChI is InChI=1S/C13H21N5S/c1-3-6-11-14-15-13-18(11)16-12(19-13)9-10-7-4-5-8-17(10)2/h10H,3-9H2,1-2H3/t10-/m1/s1. The Morgan fingerprint density at radius 1 is 1.32 bits per heavy atom. The van der Waals surface area contributed by atoms with Crippen LogP contribution in [0.1, 0.15) is 43.4 Å². The molecule has 0 bridgehead atoms. The normalized spacial score (nSPS) is 21.3. The summed E-state index contributed by atoms with van der Waals surface area (Å²) in [6.45, 7) is 3.38. The van der Waals surface area contributed by atoms with Gasteiger partial charge in [0.25, 0.3) is 0 Å². The van der Waals surface area contributed by atoms with Gasteiger partial charge >= 0.3 is 0 Å². The lowest BCUT2D eigenvalue weighted by Gasteiger charge is -2.31. The summed E-state index contributed by atoms with van der Waals surface area (Å²) in [6.07, 6.45) is 7.06. The Balaban J connectivity index is 1.77. The average Bonchev–Trinajstić information content (AvgIpc) is 2.94. The van der Waals surface area contributed by atoms with E-state index in [-0.39, 0.29) is 0 Å². The van der Waals surface area contributed by atoms with Crippen LogP contribution in [0.25, 0.3) is 4.96 Å². The number of aryl methyl sites for hydroxylation is 1. The number of piperidine rings is 1. The molecule has 0 saturated carbocycles. The molecule has 0 radical (unpaired) electrons. The van der Waals surface area contributed by atoms with Crippen molar-refractivity contribution in [3.63, 3.8) is 0 Å². The van der Waals surface area contributed by atoms with Gasteiger partial charge in [-0.3, -0.25) is 0 Å². The number of hydrogen-bond acceptors (Lipinski definition) is 5. The Bertz CT molecular complexity index is 546. The van der Waals surface area contributed by atoms with Gasteiger partial charge in [0, 0.05) is 18.9 Å². The van der Waals surface area contributed by atoms with E-state index in [0.717, 1.165) is 30.0 Å². The zero-order valence-electron chi connectivity index (χ0n) is 11.7. The van der Waals surface area contributed by atoms with Crippen molar-refractivity contribution in [3.8, 4) is 0 Å². The second kappa shape index (κ2) is 5.54. The van der Waals surface area contributed by atoms with Gasteiger partial charge < -0.3 is 4.90 Å². The average molecular weight is 279 g/mol. The molecule has 2 aromatic rings. The van der Waals surface area contributed by atoms with Crippen molar-refractivity contribution >= 4 is 16.3 Å². The number of aromatic nitrogens is 4. The van der Waals surface area contributed by atoms with Gasteiger partial charge in [-0.15, -0.1) is 10.2 Å². The third kappa shape index (κ3) is 2.65. The molecule has 1 aliphatic rings. The Kier molecular flexibility index (Phi) is 3.79. The van der Waals surface area contributed by atoms with Crippen LogP contribution in [0.3, 0.4) is 0 Å². The summed E-state index contributed by atoms with van der Waals surface area (Å²) < 4.78 is 1.94. The highest BCUT2D eigenvalue weighted by Gasteiger charge is 2.21. The zero-order chi connectivity index (χ0) is 13.2. The maximum Gasteiger partial charge on any atom is 0.234 e. The Hall–Kier alpha value is -1.01. The Morgan fingerprint density at radius 3 is 3.00 bits per heavy atom. The molecule has 0 aromatic carbocycles. The molecule has 19 heavy (non-hydrogen) atoms. The molecule has 2 aromatic heterocycles. The van der Waals surface area contributed by atoms with E-state index in [2.05, 4.69) is 29.1 Å². The smallest absolute Gasteiger partial charge is 0.234 e. The van der Waals surface area contributed by atoms with Crippen LogP contribution >= 0.6 is 11.3 Å². The van der Waals surface area contributed by atoms with Crippen molar-refractivity contribution in [3.05, 3.63) is 10.8 Å². The molecule has 0 N–H and O–H groups in total. The van der Waals surface area contributed by atoms with Crippen molar-refractivity contribution in [1.82, 2.24) is 24.7 Å². The predicted molar refractivity (Wildman–Crippen MR) is 76.6 cm³/mol. The topological polar surface area (TPSA) is 46.3 Å². The van der Waals surface area contributed by atoms with Gasteiger partial charge in [0.15, 0.2) is 5.82 Å². The molecule has 0 unspecified atom stereocenters. The van der Waals surface area contributed by atoms with Gasteiger partial charge in [0.05, 0.1) is 0 Å².